The summed E-state index contributed by atoms with van der Waals surface area (Å²) in [5.41, 5.74) is 2.63. The van der Waals surface area contributed by atoms with Crippen LogP contribution in [0.2, 0.25) is 0 Å². The molecule has 30 heavy (non-hydrogen) atoms. The number of nitrogens with zero attached hydrogens (tertiary/aromatic N) is 3. The lowest BCUT2D eigenvalue weighted by atomic mass is 9.97. The molecular formula is C23H20FN3OS2. The highest BCUT2D eigenvalue weighted by Crippen LogP contribution is 2.35. The van der Waals surface area contributed by atoms with Crippen LogP contribution >= 0.6 is 22.7 Å². The number of rotatable bonds is 3. The molecule has 2 aromatic carbocycles. The fourth-order valence-corrected chi connectivity index (χ4v) is 6.02. The van der Waals surface area contributed by atoms with Crippen molar-refractivity contribution in [3.8, 4) is 10.6 Å². The van der Waals surface area contributed by atoms with E-state index in [0.717, 1.165) is 47.7 Å². The number of para-hydroxylation sites is 1. The van der Waals surface area contributed by atoms with E-state index in [0.29, 0.717) is 10.8 Å². The lowest BCUT2D eigenvalue weighted by Gasteiger charge is -2.30. The van der Waals surface area contributed by atoms with Crippen LogP contribution in [0.4, 0.5) is 4.39 Å². The first kappa shape index (κ1) is 19.3. The second-order valence-electron chi connectivity index (χ2n) is 7.53. The number of aromatic nitrogens is 2. The zero-order valence-electron chi connectivity index (χ0n) is 16.5. The van der Waals surface area contributed by atoms with Gasteiger partial charge in [0.25, 0.3) is 5.91 Å². The summed E-state index contributed by atoms with van der Waals surface area (Å²) in [5.74, 6) is 0.171. The highest BCUT2D eigenvalue weighted by Gasteiger charge is 2.28. The maximum Gasteiger partial charge on any atom is 0.265 e. The van der Waals surface area contributed by atoms with Gasteiger partial charge in [0.2, 0.25) is 0 Å². The van der Waals surface area contributed by atoms with E-state index >= 15 is 0 Å². The number of likely N-dealkylation sites (tertiary alicyclic amines) is 1. The van der Waals surface area contributed by atoms with E-state index < -0.39 is 0 Å². The van der Waals surface area contributed by atoms with Crippen molar-refractivity contribution in [3.63, 3.8) is 0 Å². The summed E-state index contributed by atoms with van der Waals surface area (Å²) in [5, 5.41) is 1.93. The van der Waals surface area contributed by atoms with Crippen LogP contribution in [0.15, 0.2) is 48.5 Å². The van der Waals surface area contributed by atoms with E-state index in [1.807, 2.05) is 24.0 Å². The third kappa shape index (κ3) is 3.63. The molecule has 2 aromatic heterocycles. The standard InChI is InChI=1S/C23H20FN3OS2/c1-14-20(30-21(25-14)15-6-8-17(24)9-7-15)23(28)27-12-10-16(11-13-27)22-26-18-4-2-3-5-19(18)29-22/h2-9,16H,10-13H2,1H3. The van der Waals surface area contributed by atoms with E-state index in [4.69, 9.17) is 4.98 Å². The lowest BCUT2D eigenvalue weighted by Crippen LogP contribution is -2.37. The molecule has 0 aliphatic carbocycles. The molecular weight excluding hydrogens is 417 g/mol. The molecule has 4 aromatic rings. The van der Waals surface area contributed by atoms with Crippen LogP contribution in [0.25, 0.3) is 20.8 Å². The molecule has 1 saturated heterocycles. The fraction of sp³-hybridized carbons (Fsp3) is 0.261. The zero-order chi connectivity index (χ0) is 20.7. The molecule has 0 atom stereocenters. The molecule has 4 nitrogen and oxygen atoms in total. The molecule has 0 N–H and O–H groups in total. The van der Waals surface area contributed by atoms with Crippen molar-refractivity contribution in [1.82, 2.24) is 14.9 Å². The number of amides is 1. The molecule has 0 unspecified atom stereocenters. The fourth-order valence-electron chi connectivity index (χ4n) is 3.85. The van der Waals surface area contributed by atoms with Crippen molar-refractivity contribution >= 4 is 38.8 Å². The summed E-state index contributed by atoms with van der Waals surface area (Å²) >= 11 is 3.15. The first-order chi connectivity index (χ1) is 14.6. The number of fused-ring (bicyclic) bond motifs is 1. The molecule has 1 fully saturated rings. The van der Waals surface area contributed by atoms with Crippen molar-refractivity contribution in [2.45, 2.75) is 25.7 Å². The van der Waals surface area contributed by atoms with Crippen molar-refractivity contribution < 1.29 is 9.18 Å². The smallest absolute Gasteiger partial charge is 0.265 e. The van der Waals surface area contributed by atoms with Crippen LogP contribution in [-0.4, -0.2) is 33.9 Å². The molecule has 1 aliphatic rings. The Balaban J connectivity index is 1.29. The van der Waals surface area contributed by atoms with E-state index in [9.17, 15) is 9.18 Å². The molecule has 0 saturated carbocycles. The Kier molecular flexibility index (Phi) is 5.08. The van der Waals surface area contributed by atoms with E-state index in [2.05, 4.69) is 17.1 Å². The Hall–Kier alpha value is -2.64. The number of aryl methyl sites for hydroxylation is 1. The van der Waals surface area contributed by atoms with Gasteiger partial charge in [-0.05, 0) is 56.2 Å². The molecule has 7 heteroatoms. The number of benzene rings is 2. The van der Waals surface area contributed by atoms with Crippen molar-refractivity contribution in [1.29, 1.82) is 0 Å². The Morgan fingerprint density at radius 1 is 1.03 bits per heavy atom. The van der Waals surface area contributed by atoms with Crippen molar-refractivity contribution in [2.75, 3.05) is 13.1 Å². The molecule has 1 aliphatic heterocycles. The van der Waals surface area contributed by atoms with Gasteiger partial charge in [0.05, 0.1) is 20.9 Å². The first-order valence-electron chi connectivity index (χ1n) is 9.96. The quantitative estimate of drug-likeness (QED) is 0.402. The van der Waals surface area contributed by atoms with Gasteiger partial charge in [0.1, 0.15) is 15.7 Å². The number of piperidine rings is 1. The van der Waals surface area contributed by atoms with Gasteiger partial charge >= 0.3 is 0 Å². The van der Waals surface area contributed by atoms with Gasteiger partial charge in [-0.25, -0.2) is 14.4 Å². The van der Waals surface area contributed by atoms with E-state index in [-0.39, 0.29) is 11.7 Å². The van der Waals surface area contributed by atoms with Crippen LogP contribution in [0, 0.1) is 12.7 Å². The number of hydrogen-bond acceptors (Lipinski definition) is 5. The Labute approximate surface area is 182 Å². The Morgan fingerprint density at radius 2 is 1.77 bits per heavy atom. The number of hydrogen-bond donors (Lipinski definition) is 0. The summed E-state index contributed by atoms with van der Waals surface area (Å²) in [6.07, 6.45) is 1.85. The van der Waals surface area contributed by atoms with Gasteiger partial charge in [-0.3, -0.25) is 4.79 Å². The van der Waals surface area contributed by atoms with E-state index in [1.54, 1.807) is 23.5 Å². The highest BCUT2D eigenvalue weighted by atomic mass is 32.1. The second kappa shape index (κ2) is 7.89. The molecule has 0 spiro atoms. The average molecular weight is 438 g/mol. The molecule has 1 amide bonds. The Morgan fingerprint density at radius 3 is 2.50 bits per heavy atom. The monoisotopic (exact) mass is 437 g/mol. The van der Waals surface area contributed by atoms with Gasteiger partial charge < -0.3 is 4.90 Å². The van der Waals surface area contributed by atoms with Crippen molar-refractivity contribution in [3.05, 3.63) is 69.9 Å². The predicted octanol–water partition coefficient (Wildman–Crippen LogP) is 5.89. The van der Waals surface area contributed by atoms with E-state index in [1.165, 1.54) is 33.2 Å². The SMILES string of the molecule is Cc1nc(-c2ccc(F)cc2)sc1C(=O)N1CCC(c2nc3ccccc3s2)CC1. The summed E-state index contributed by atoms with van der Waals surface area (Å²) < 4.78 is 14.4. The van der Waals surface area contributed by atoms with Gasteiger partial charge in [0, 0.05) is 24.6 Å². The first-order valence-corrected chi connectivity index (χ1v) is 11.6. The number of thiazole rings is 2. The molecule has 3 heterocycles. The summed E-state index contributed by atoms with van der Waals surface area (Å²) in [6.45, 7) is 3.32. The molecule has 0 radical (unpaired) electrons. The zero-order valence-corrected chi connectivity index (χ0v) is 18.1. The number of halogens is 1. The average Bonchev–Trinajstić information content (AvgIpc) is 3.37. The minimum absolute atomic E-state index is 0.0427. The van der Waals surface area contributed by atoms with Gasteiger partial charge in [-0.15, -0.1) is 22.7 Å². The van der Waals surface area contributed by atoms with Crippen LogP contribution < -0.4 is 0 Å². The van der Waals surface area contributed by atoms with Crippen LogP contribution in [-0.2, 0) is 0 Å². The van der Waals surface area contributed by atoms with Crippen molar-refractivity contribution in [2.24, 2.45) is 0 Å². The minimum atomic E-state index is -0.278. The topological polar surface area (TPSA) is 46.1 Å². The van der Waals surface area contributed by atoms with Crippen LogP contribution in [0.3, 0.4) is 0 Å². The van der Waals surface area contributed by atoms with Gasteiger partial charge in [0.15, 0.2) is 0 Å². The molecule has 5 rings (SSSR count). The number of carbonyl (C=O) groups excluding carboxylic acids is 1. The second-order valence-corrected chi connectivity index (χ2v) is 9.59. The van der Waals surface area contributed by atoms with Gasteiger partial charge in [-0.1, -0.05) is 12.1 Å². The normalized spacial score (nSPS) is 15.1. The number of carbonyl (C=O) groups is 1. The molecule has 0 bridgehead atoms. The highest BCUT2D eigenvalue weighted by molar-refractivity contribution is 7.18. The lowest BCUT2D eigenvalue weighted by molar-refractivity contribution is 0.0717. The largest absolute Gasteiger partial charge is 0.338 e. The summed E-state index contributed by atoms with van der Waals surface area (Å²) in [6, 6.07) is 14.5. The predicted molar refractivity (Wildman–Crippen MR) is 120 cm³/mol. The van der Waals surface area contributed by atoms with Crippen LogP contribution in [0.1, 0.15) is 39.1 Å². The summed E-state index contributed by atoms with van der Waals surface area (Å²) in [7, 11) is 0. The summed E-state index contributed by atoms with van der Waals surface area (Å²) in [4.78, 5) is 25.1. The maximum atomic E-state index is 13.2. The van der Waals surface area contributed by atoms with Crippen LogP contribution in [0.5, 0.6) is 0 Å². The third-order valence-electron chi connectivity index (χ3n) is 5.52. The maximum absolute atomic E-state index is 13.2. The minimum Gasteiger partial charge on any atom is -0.338 e. The van der Waals surface area contributed by atoms with Gasteiger partial charge in [-0.2, -0.15) is 0 Å². The Bertz CT molecular complexity index is 1170. The molecule has 152 valence electrons. The third-order valence-corrected chi connectivity index (χ3v) is 7.92.